The number of nitrogens with one attached hydrogen (secondary N) is 1. The van der Waals surface area contributed by atoms with Crippen molar-refractivity contribution in [2.45, 2.75) is 26.6 Å². The molecule has 0 aliphatic heterocycles. The van der Waals surface area contributed by atoms with Gasteiger partial charge >= 0.3 is 6.09 Å². The van der Waals surface area contributed by atoms with E-state index in [1.165, 1.54) is 4.90 Å². The average Bonchev–Trinajstić information content (AvgIpc) is 3.04. The van der Waals surface area contributed by atoms with Gasteiger partial charge in [-0.05, 0) is 42.7 Å². The molecule has 1 aromatic heterocycles. The second kappa shape index (κ2) is 8.60. The zero-order chi connectivity index (χ0) is 19.2. The van der Waals surface area contributed by atoms with Gasteiger partial charge in [0.15, 0.2) is 0 Å². The molecule has 0 saturated carbocycles. The molecule has 1 amide bonds. The molecule has 0 aliphatic carbocycles. The summed E-state index contributed by atoms with van der Waals surface area (Å²) >= 11 is 0. The molecule has 0 unspecified atom stereocenters. The maximum Gasteiger partial charge on any atom is 0.407 e. The lowest BCUT2D eigenvalue weighted by atomic mass is 10.1. The highest BCUT2D eigenvalue weighted by Crippen LogP contribution is 2.28. The Morgan fingerprint density at radius 1 is 1.19 bits per heavy atom. The number of aromatic amines is 1. The summed E-state index contributed by atoms with van der Waals surface area (Å²) in [6.45, 7) is 2.97. The summed E-state index contributed by atoms with van der Waals surface area (Å²) in [4.78, 5) is 15.8. The van der Waals surface area contributed by atoms with Crippen LogP contribution in [-0.2, 0) is 19.6 Å². The Bertz CT molecular complexity index is 905. The van der Waals surface area contributed by atoms with Gasteiger partial charge < -0.3 is 24.8 Å². The number of amides is 1. The number of aliphatic hydroxyl groups excluding tert-OH is 1. The summed E-state index contributed by atoms with van der Waals surface area (Å²) in [5.41, 5.74) is 3.63. The van der Waals surface area contributed by atoms with Crippen molar-refractivity contribution in [1.29, 1.82) is 0 Å². The lowest BCUT2D eigenvalue weighted by molar-refractivity contribution is 0.148. The number of carboxylic acid groups (broad SMARTS) is 1. The van der Waals surface area contributed by atoms with Crippen molar-refractivity contribution < 1.29 is 19.7 Å². The van der Waals surface area contributed by atoms with Gasteiger partial charge in [-0.1, -0.05) is 30.3 Å². The lowest BCUT2D eigenvalue weighted by Gasteiger charge is -2.17. The molecule has 0 radical (unpaired) electrons. The fourth-order valence-corrected chi connectivity index (χ4v) is 3.17. The van der Waals surface area contributed by atoms with Crippen LogP contribution in [0, 0.1) is 0 Å². The summed E-state index contributed by atoms with van der Waals surface area (Å²) < 4.78 is 5.90. The minimum atomic E-state index is -0.935. The number of H-pyrrole nitrogens is 1. The second-order valence-electron chi connectivity index (χ2n) is 6.33. The van der Waals surface area contributed by atoms with Crippen LogP contribution in [-0.4, -0.2) is 39.3 Å². The standard InChI is InChI=1S/C21H24N2O4/c1-2-23(21(25)26)11-10-17-18-12-16(8-9-19(18)22-20(17)13-24)27-14-15-6-4-3-5-7-15/h3-9,12,22,24H,2,10-11,13-14H2,1H3,(H,25,26). The number of nitrogens with zero attached hydrogens (tertiary/aromatic N) is 1. The van der Waals surface area contributed by atoms with Gasteiger partial charge in [-0.2, -0.15) is 0 Å². The molecule has 1 heterocycles. The first kappa shape index (κ1) is 18.8. The number of aliphatic hydroxyl groups is 1. The summed E-state index contributed by atoms with van der Waals surface area (Å²) in [6, 6.07) is 15.7. The monoisotopic (exact) mass is 368 g/mol. The van der Waals surface area contributed by atoms with E-state index in [9.17, 15) is 15.0 Å². The SMILES string of the molecule is CCN(CCc1c(CO)[nH]c2ccc(OCc3ccccc3)cc12)C(=O)O. The minimum absolute atomic E-state index is 0.122. The van der Waals surface area contributed by atoms with E-state index >= 15 is 0 Å². The Labute approximate surface area is 158 Å². The first-order chi connectivity index (χ1) is 13.1. The highest BCUT2D eigenvalue weighted by molar-refractivity contribution is 5.86. The van der Waals surface area contributed by atoms with Crippen LogP contribution < -0.4 is 4.74 Å². The van der Waals surface area contributed by atoms with E-state index in [1.807, 2.05) is 55.5 Å². The van der Waals surface area contributed by atoms with Crippen LogP contribution in [0.3, 0.4) is 0 Å². The van der Waals surface area contributed by atoms with Crippen LogP contribution in [0.2, 0.25) is 0 Å². The van der Waals surface area contributed by atoms with Crippen LogP contribution in [0.5, 0.6) is 5.75 Å². The smallest absolute Gasteiger partial charge is 0.407 e. The molecule has 142 valence electrons. The molecule has 6 heteroatoms. The van der Waals surface area contributed by atoms with Crippen LogP contribution in [0.4, 0.5) is 4.79 Å². The predicted octanol–water partition coefficient (Wildman–Crippen LogP) is 3.78. The molecule has 0 fully saturated rings. The number of benzene rings is 2. The summed E-state index contributed by atoms with van der Waals surface area (Å²) in [5.74, 6) is 0.738. The molecule has 6 nitrogen and oxygen atoms in total. The maximum absolute atomic E-state index is 11.2. The van der Waals surface area contributed by atoms with Crippen LogP contribution in [0.25, 0.3) is 10.9 Å². The van der Waals surface area contributed by atoms with Crippen LogP contribution in [0.15, 0.2) is 48.5 Å². The van der Waals surface area contributed by atoms with Gasteiger partial charge in [-0.3, -0.25) is 0 Å². The third kappa shape index (κ3) is 4.41. The molecule has 3 aromatic rings. The van der Waals surface area contributed by atoms with Gasteiger partial charge in [0.05, 0.1) is 6.61 Å². The van der Waals surface area contributed by atoms with Crippen molar-refractivity contribution >= 4 is 17.0 Å². The molecule has 2 aromatic carbocycles. The molecule has 0 atom stereocenters. The Morgan fingerprint density at radius 3 is 2.63 bits per heavy atom. The lowest BCUT2D eigenvalue weighted by Crippen LogP contribution is -2.31. The van der Waals surface area contributed by atoms with Gasteiger partial charge in [0.2, 0.25) is 0 Å². The Hall–Kier alpha value is -2.99. The molecule has 3 rings (SSSR count). The Morgan fingerprint density at radius 2 is 1.96 bits per heavy atom. The van der Waals surface area contributed by atoms with E-state index in [4.69, 9.17) is 4.74 Å². The molecule has 27 heavy (non-hydrogen) atoms. The number of ether oxygens (including phenoxy) is 1. The zero-order valence-electron chi connectivity index (χ0n) is 15.3. The molecular formula is C21H24N2O4. The Kier molecular flexibility index (Phi) is 5.98. The highest BCUT2D eigenvalue weighted by atomic mass is 16.5. The number of hydrogen-bond acceptors (Lipinski definition) is 3. The number of carbonyl (C=O) groups is 1. The van der Waals surface area contributed by atoms with Crippen molar-refractivity contribution in [1.82, 2.24) is 9.88 Å². The molecule has 0 bridgehead atoms. The first-order valence-corrected chi connectivity index (χ1v) is 9.01. The quantitative estimate of drug-likeness (QED) is 0.565. The zero-order valence-corrected chi connectivity index (χ0v) is 15.3. The third-order valence-electron chi connectivity index (χ3n) is 4.66. The number of likely N-dealkylation sites (N-methyl/N-ethyl adjacent to an activating group) is 1. The summed E-state index contributed by atoms with van der Waals surface area (Å²) in [6.07, 6.45) is -0.409. The van der Waals surface area contributed by atoms with Gasteiger partial charge in [-0.25, -0.2) is 4.79 Å². The molecular weight excluding hydrogens is 344 g/mol. The van der Waals surface area contributed by atoms with Crippen molar-refractivity contribution in [2.24, 2.45) is 0 Å². The fourth-order valence-electron chi connectivity index (χ4n) is 3.17. The minimum Gasteiger partial charge on any atom is -0.489 e. The topological polar surface area (TPSA) is 85.8 Å². The van der Waals surface area contributed by atoms with E-state index in [0.29, 0.717) is 31.8 Å². The van der Waals surface area contributed by atoms with Crippen LogP contribution >= 0.6 is 0 Å². The van der Waals surface area contributed by atoms with E-state index in [-0.39, 0.29) is 6.61 Å². The second-order valence-corrected chi connectivity index (χ2v) is 6.33. The van der Waals surface area contributed by atoms with Crippen molar-refractivity contribution in [3.63, 3.8) is 0 Å². The van der Waals surface area contributed by atoms with E-state index in [1.54, 1.807) is 0 Å². The van der Waals surface area contributed by atoms with E-state index < -0.39 is 6.09 Å². The van der Waals surface area contributed by atoms with Gasteiger partial charge in [0.1, 0.15) is 12.4 Å². The van der Waals surface area contributed by atoms with Gasteiger partial charge in [0, 0.05) is 29.7 Å². The van der Waals surface area contributed by atoms with E-state index in [0.717, 1.165) is 27.8 Å². The molecule has 3 N–H and O–H groups in total. The molecule has 0 spiro atoms. The first-order valence-electron chi connectivity index (χ1n) is 9.01. The van der Waals surface area contributed by atoms with Gasteiger partial charge in [0.25, 0.3) is 0 Å². The van der Waals surface area contributed by atoms with Crippen molar-refractivity contribution in [2.75, 3.05) is 13.1 Å². The summed E-state index contributed by atoms with van der Waals surface area (Å²) in [5, 5.41) is 19.8. The normalized spacial score (nSPS) is 10.9. The van der Waals surface area contributed by atoms with Crippen LogP contribution in [0.1, 0.15) is 23.7 Å². The molecule has 0 aliphatic rings. The van der Waals surface area contributed by atoms with Crippen molar-refractivity contribution in [3.8, 4) is 5.75 Å². The number of rotatable bonds is 8. The predicted molar refractivity (Wildman–Crippen MR) is 104 cm³/mol. The number of aromatic nitrogens is 1. The largest absolute Gasteiger partial charge is 0.489 e. The third-order valence-corrected chi connectivity index (χ3v) is 4.66. The van der Waals surface area contributed by atoms with E-state index in [2.05, 4.69) is 4.98 Å². The molecule has 0 saturated heterocycles. The number of hydrogen-bond donors (Lipinski definition) is 3. The van der Waals surface area contributed by atoms with Crippen molar-refractivity contribution in [3.05, 3.63) is 65.4 Å². The Balaban J connectivity index is 1.82. The van der Waals surface area contributed by atoms with Gasteiger partial charge in [-0.15, -0.1) is 0 Å². The maximum atomic E-state index is 11.2. The fraction of sp³-hybridized carbons (Fsp3) is 0.286. The highest BCUT2D eigenvalue weighted by Gasteiger charge is 2.15. The average molecular weight is 368 g/mol. The number of fused-ring (bicyclic) bond motifs is 1. The summed E-state index contributed by atoms with van der Waals surface area (Å²) in [7, 11) is 0.